The van der Waals surface area contributed by atoms with Gasteiger partial charge in [0.15, 0.2) is 0 Å². The Kier molecular flexibility index (Phi) is 16.2. The van der Waals surface area contributed by atoms with Crippen LogP contribution in [0.2, 0.25) is 0 Å². The summed E-state index contributed by atoms with van der Waals surface area (Å²) in [5, 5.41) is 2.62. The third kappa shape index (κ3) is 12.5. The van der Waals surface area contributed by atoms with Crippen molar-refractivity contribution < 1.29 is 18.7 Å². The quantitative estimate of drug-likeness (QED) is 0.198. The van der Waals surface area contributed by atoms with E-state index in [2.05, 4.69) is 23.6 Å². The molecule has 0 aromatic rings. The Hall–Kier alpha value is -3.47. The predicted molar refractivity (Wildman–Crippen MR) is 139 cm³/mol. The van der Waals surface area contributed by atoms with Crippen LogP contribution < -0.4 is 28.5 Å². The number of nitrogens with zero attached hydrogens (tertiary/aromatic N) is 1. The predicted octanol–water partition coefficient (Wildman–Crippen LogP) is 2.72. The minimum absolute atomic E-state index is 0.189. The Bertz CT molecular complexity index is 899. The molecule has 1 atom stereocenters. The molecule has 1 unspecified atom stereocenters. The molecule has 35 heavy (non-hydrogen) atoms. The average Bonchev–Trinajstić information content (AvgIpc) is 3.07. The van der Waals surface area contributed by atoms with Gasteiger partial charge in [0.1, 0.15) is 11.9 Å². The summed E-state index contributed by atoms with van der Waals surface area (Å²) in [6.45, 7) is 9.90. The number of hydrogen-bond acceptors (Lipinski definition) is 7. The number of halogens is 1. The van der Waals surface area contributed by atoms with Crippen molar-refractivity contribution in [3.63, 3.8) is 0 Å². The number of cyclic esters (lactones) is 1. The number of nitrogens with one attached hydrogen (secondary N) is 1. The number of hydrazine groups is 1. The highest BCUT2D eigenvalue weighted by Crippen LogP contribution is 2.24. The van der Waals surface area contributed by atoms with Gasteiger partial charge in [-0.25, -0.2) is 9.18 Å². The maximum Gasteiger partial charge on any atom is 0.414 e. The molecule has 9 N–H and O–H groups in total. The fourth-order valence-electron chi connectivity index (χ4n) is 2.90. The molecular weight excluding hydrogens is 451 g/mol. The number of carbonyl (C=O) groups excluding carboxylic acids is 2. The second kappa shape index (κ2) is 17.9. The third-order valence-corrected chi connectivity index (χ3v) is 4.68. The number of rotatable bonds is 8. The lowest BCUT2D eigenvalue weighted by molar-refractivity contribution is -0.119. The van der Waals surface area contributed by atoms with Gasteiger partial charge in [-0.05, 0) is 57.2 Å². The minimum Gasteiger partial charge on any atom is -0.442 e. The van der Waals surface area contributed by atoms with E-state index in [4.69, 9.17) is 16.2 Å². The Morgan fingerprint density at radius 3 is 2.54 bits per heavy atom. The molecule has 0 radical (unpaired) electrons. The maximum absolute atomic E-state index is 14.1. The first-order valence-corrected chi connectivity index (χ1v) is 11.1. The van der Waals surface area contributed by atoms with Gasteiger partial charge in [0, 0.05) is 18.2 Å². The van der Waals surface area contributed by atoms with Gasteiger partial charge >= 0.3 is 6.09 Å². The molecule has 2 aliphatic rings. The summed E-state index contributed by atoms with van der Waals surface area (Å²) in [5.74, 6) is 7.49. The number of hydrogen-bond donors (Lipinski definition) is 5. The van der Waals surface area contributed by atoms with Gasteiger partial charge in [-0.15, -0.1) is 0 Å². The lowest BCUT2D eigenvalue weighted by atomic mass is 10.0. The fraction of sp³-hybridized carbons (Fsp3) is 0.360. The molecular formula is C25H39FN6O3. The summed E-state index contributed by atoms with van der Waals surface area (Å²) in [6, 6.07) is 0. The van der Waals surface area contributed by atoms with Crippen LogP contribution in [0.25, 0.3) is 0 Å². The Labute approximate surface area is 207 Å². The van der Waals surface area contributed by atoms with Crippen LogP contribution in [0.3, 0.4) is 0 Å². The summed E-state index contributed by atoms with van der Waals surface area (Å²) in [4.78, 5) is 24.4. The first-order chi connectivity index (χ1) is 16.7. The highest BCUT2D eigenvalue weighted by atomic mass is 19.1. The normalized spacial score (nSPS) is 17.9. The standard InChI is InChI=1S/C21H25FN2O3.C4H10N2.H4N2/c1-14-6-5-7-18(10-8-14)20(16(3)22)11-9-15(2)24-13-19(27-21(24)26)12-23-17(4)25;5-3-1-2-4-6;1-2/h5,7-11,19H,2,6,12-13H2,1,3-4H3,(H,23,25);1,3H,2,4-6H2;1-2H2/b11-9-,20-16-;3-1+;. The van der Waals surface area contributed by atoms with Gasteiger partial charge in [-0.1, -0.05) is 42.5 Å². The van der Waals surface area contributed by atoms with Crippen molar-refractivity contribution in [2.24, 2.45) is 23.2 Å². The van der Waals surface area contributed by atoms with Crippen LogP contribution in [0.5, 0.6) is 0 Å². The van der Waals surface area contributed by atoms with Crippen LogP contribution in [-0.4, -0.2) is 42.6 Å². The smallest absolute Gasteiger partial charge is 0.414 e. The molecule has 0 aromatic carbocycles. The van der Waals surface area contributed by atoms with E-state index in [0.29, 0.717) is 17.8 Å². The zero-order valence-corrected chi connectivity index (χ0v) is 20.8. The number of carbonyl (C=O) groups is 2. The number of nitrogens with two attached hydrogens (primary N) is 4. The summed E-state index contributed by atoms with van der Waals surface area (Å²) in [6.07, 6.45) is 15.0. The second-order valence-corrected chi connectivity index (χ2v) is 7.57. The summed E-state index contributed by atoms with van der Waals surface area (Å²) >= 11 is 0. The minimum atomic E-state index is -0.533. The van der Waals surface area contributed by atoms with Crippen LogP contribution in [0, 0.1) is 0 Å². The first kappa shape index (κ1) is 31.5. The molecule has 1 aliphatic carbocycles. The number of amides is 2. The van der Waals surface area contributed by atoms with Crippen molar-refractivity contribution in [3.05, 3.63) is 83.6 Å². The average molecular weight is 491 g/mol. The Balaban J connectivity index is 0.00000126. The first-order valence-electron chi connectivity index (χ1n) is 11.1. The van der Waals surface area contributed by atoms with E-state index in [1.165, 1.54) is 30.5 Å². The van der Waals surface area contributed by atoms with Gasteiger partial charge in [0.25, 0.3) is 0 Å². The molecule has 0 spiro atoms. The summed E-state index contributed by atoms with van der Waals surface area (Å²) in [7, 11) is 0. The molecule has 0 bridgehead atoms. The third-order valence-electron chi connectivity index (χ3n) is 4.68. The van der Waals surface area contributed by atoms with Crippen molar-refractivity contribution in [1.29, 1.82) is 0 Å². The lowest BCUT2D eigenvalue weighted by Gasteiger charge is -2.13. The van der Waals surface area contributed by atoms with E-state index >= 15 is 0 Å². The molecule has 1 fully saturated rings. The SMILES string of the molecule is C=C(/C=C\C(C1=CC=C(C)CC=C1)=C(/C)F)N1CC(CNC(C)=O)OC1=O.N/C=C/CCN.NN. The summed E-state index contributed by atoms with van der Waals surface area (Å²) < 4.78 is 19.3. The van der Waals surface area contributed by atoms with Gasteiger partial charge < -0.3 is 21.5 Å². The maximum atomic E-state index is 14.1. The molecule has 2 rings (SSSR count). The molecule has 1 aliphatic heterocycles. The van der Waals surface area contributed by atoms with E-state index in [1.54, 1.807) is 12.2 Å². The van der Waals surface area contributed by atoms with Crippen LogP contribution in [0.4, 0.5) is 9.18 Å². The van der Waals surface area contributed by atoms with E-state index < -0.39 is 12.2 Å². The van der Waals surface area contributed by atoms with E-state index in [1.807, 2.05) is 37.3 Å². The highest BCUT2D eigenvalue weighted by Gasteiger charge is 2.32. The van der Waals surface area contributed by atoms with Crippen LogP contribution in [-0.2, 0) is 9.53 Å². The summed E-state index contributed by atoms with van der Waals surface area (Å²) in [5.41, 5.74) is 12.9. The van der Waals surface area contributed by atoms with Gasteiger partial charge in [-0.2, -0.15) is 0 Å². The molecule has 2 amide bonds. The number of ether oxygens (including phenoxy) is 1. The van der Waals surface area contributed by atoms with Crippen molar-refractivity contribution in [3.8, 4) is 0 Å². The van der Waals surface area contributed by atoms with Gasteiger partial charge in [0.2, 0.25) is 5.91 Å². The molecule has 0 aromatic heterocycles. The Morgan fingerprint density at radius 1 is 1.31 bits per heavy atom. The van der Waals surface area contributed by atoms with Crippen LogP contribution in [0.1, 0.15) is 33.6 Å². The molecule has 10 heteroatoms. The molecule has 1 saturated heterocycles. The zero-order chi connectivity index (χ0) is 26.8. The topological polar surface area (TPSA) is 163 Å². The second-order valence-electron chi connectivity index (χ2n) is 7.57. The number of allylic oxidation sites excluding steroid dienone is 10. The molecule has 9 nitrogen and oxygen atoms in total. The van der Waals surface area contributed by atoms with E-state index in [-0.39, 0.29) is 24.8 Å². The van der Waals surface area contributed by atoms with Crippen molar-refractivity contribution in [1.82, 2.24) is 10.2 Å². The lowest BCUT2D eigenvalue weighted by Crippen LogP contribution is -2.32. The van der Waals surface area contributed by atoms with Crippen molar-refractivity contribution in [2.45, 2.75) is 39.7 Å². The molecule has 1 heterocycles. The van der Waals surface area contributed by atoms with E-state index in [9.17, 15) is 14.0 Å². The highest BCUT2D eigenvalue weighted by molar-refractivity contribution is 5.74. The Morgan fingerprint density at radius 2 is 2.00 bits per heavy atom. The van der Waals surface area contributed by atoms with Crippen LogP contribution in [0.15, 0.2) is 83.6 Å². The molecule has 194 valence electrons. The monoisotopic (exact) mass is 490 g/mol. The van der Waals surface area contributed by atoms with E-state index in [0.717, 1.165) is 18.4 Å². The van der Waals surface area contributed by atoms with Gasteiger partial charge in [0.05, 0.1) is 13.1 Å². The molecule has 0 saturated carbocycles. The van der Waals surface area contributed by atoms with Crippen molar-refractivity contribution in [2.75, 3.05) is 19.6 Å². The van der Waals surface area contributed by atoms with Crippen molar-refractivity contribution >= 4 is 12.0 Å². The van der Waals surface area contributed by atoms with Crippen LogP contribution >= 0.6 is 0 Å². The zero-order valence-electron chi connectivity index (χ0n) is 20.8. The largest absolute Gasteiger partial charge is 0.442 e. The van der Waals surface area contributed by atoms with Gasteiger partial charge in [-0.3, -0.25) is 21.4 Å². The fourth-order valence-corrected chi connectivity index (χ4v) is 2.90.